The molecule has 2 aromatic carbocycles. The Morgan fingerprint density at radius 1 is 0.886 bits per heavy atom. The first kappa shape index (κ1) is 26.1. The molecule has 1 aromatic heterocycles. The zero-order valence-corrected chi connectivity index (χ0v) is 19.4. The molecule has 0 spiro atoms. The number of carbonyl (C=O) groups is 2. The minimum Gasteiger partial charge on any atom is -0.483 e. The van der Waals surface area contributed by atoms with Crippen molar-refractivity contribution in [1.82, 2.24) is 9.88 Å². The molecule has 2 saturated heterocycles. The number of pyridine rings is 1. The highest BCUT2D eigenvalue weighted by atomic mass is 16.5. The van der Waals surface area contributed by atoms with Crippen LogP contribution in [0.15, 0.2) is 66.7 Å². The highest BCUT2D eigenvalue weighted by Gasteiger charge is 2.46. The number of rotatable bonds is 3. The van der Waals surface area contributed by atoms with Crippen molar-refractivity contribution in [3.63, 3.8) is 0 Å². The highest BCUT2D eigenvalue weighted by molar-refractivity contribution is 5.80. The minimum atomic E-state index is -0.869. The molecule has 3 aromatic rings. The van der Waals surface area contributed by atoms with Crippen molar-refractivity contribution >= 4 is 29.7 Å². The van der Waals surface area contributed by atoms with Crippen molar-refractivity contribution < 1.29 is 29.6 Å². The van der Waals surface area contributed by atoms with Crippen molar-refractivity contribution in [2.75, 3.05) is 44.3 Å². The maximum Gasteiger partial charge on any atom is 0.290 e. The number of para-hydroxylation sites is 1. The smallest absolute Gasteiger partial charge is 0.290 e. The number of aliphatic hydroxyl groups is 1. The van der Waals surface area contributed by atoms with Gasteiger partial charge >= 0.3 is 0 Å². The number of benzene rings is 2. The van der Waals surface area contributed by atoms with Crippen LogP contribution in [-0.2, 0) is 19.9 Å². The van der Waals surface area contributed by atoms with Crippen LogP contribution in [0.5, 0.6) is 0 Å². The van der Waals surface area contributed by atoms with Gasteiger partial charge in [-0.25, -0.2) is 4.98 Å². The number of morpholine rings is 1. The fraction of sp³-hybridized carbons (Fsp3) is 0.346. The van der Waals surface area contributed by atoms with Gasteiger partial charge in [-0.1, -0.05) is 48.5 Å². The molecule has 2 fully saturated rings. The van der Waals surface area contributed by atoms with E-state index in [1.54, 1.807) is 0 Å². The van der Waals surface area contributed by atoms with Gasteiger partial charge in [0.1, 0.15) is 11.4 Å². The summed E-state index contributed by atoms with van der Waals surface area (Å²) in [6.07, 6.45) is 0.674. The minimum absolute atomic E-state index is 0.00387. The Kier molecular flexibility index (Phi) is 9.54. The normalized spacial score (nSPS) is 22.2. The van der Waals surface area contributed by atoms with E-state index in [4.69, 9.17) is 29.5 Å². The van der Waals surface area contributed by atoms with E-state index < -0.39 is 5.60 Å². The number of hydrogen-bond donors (Lipinski definition) is 3. The van der Waals surface area contributed by atoms with Crippen molar-refractivity contribution in [2.45, 2.75) is 18.1 Å². The summed E-state index contributed by atoms with van der Waals surface area (Å²) in [6.45, 7) is 4.15. The van der Waals surface area contributed by atoms with E-state index in [1.807, 2.05) is 30.3 Å². The van der Waals surface area contributed by atoms with E-state index in [9.17, 15) is 5.11 Å². The van der Waals surface area contributed by atoms with Gasteiger partial charge in [0.05, 0.1) is 24.8 Å². The zero-order valence-electron chi connectivity index (χ0n) is 19.4. The van der Waals surface area contributed by atoms with E-state index >= 15 is 0 Å². The molecule has 9 heteroatoms. The Hall–Kier alpha value is -3.53. The Labute approximate surface area is 204 Å². The number of fused-ring (bicyclic) bond motifs is 1. The summed E-state index contributed by atoms with van der Waals surface area (Å²) in [7, 11) is 0. The topological polar surface area (TPSA) is 123 Å². The maximum absolute atomic E-state index is 11.9. The molecule has 2 aliphatic heterocycles. The molecule has 2 atom stereocenters. The average molecular weight is 482 g/mol. The third-order valence-electron chi connectivity index (χ3n) is 6.38. The van der Waals surface area contributed by atoms with Gasteiger partial charge < -0.3 is 25.0 Å². The van der Waals surface area contributed by atoms with Gasteiger partial charge in [-0.15, -0.1) is 0 Å². The number of anilines is 1. The van der Waals surface area contributed by atoms with Crippen molar-refractivity contribution in [2.24, 2.45) is 0 Å². The molecule has 0 unspecified atom stereocenters. The van der Waals surface area contributed by atoms with Gasteiger partial charge in [-0.2, -0.15) is 0 Å². The predicted octanol–water partition coefficient (Wildman–Crippen LogP) is 2.44. The van der Waals surface area contributed by atoms with Gasteiger partial charge in [-0.3, -0.25) is 14.5 Å². The Bertz CT molecular complexity index is 1070. The summed E-state index contributed by atoms with van der Waals surface area (Å²) in [5.74, 6) is 0.983. The lowest BCUT2D eigenvalue weighted by atomic mass is 9.79. The molecule has 35 heavy (non-hydrogen) atoms. The summed E-state index contributed by atoms with van der Waals surface area (Å²) < 4.78 is 5.57. The predicted molar refractivity (Wildman–Crippen MR) is 132 cm³/mol. The summed E-state index contributed by atoms with van der Waals surface area (Å²) >= 11 is 0. The van der Waals surface area contributed by atoms with Crippen molar-refractivity contribution in [3.8, 4) is 0 Å². The molecule has 0 saturated carbocycles. The quantitative estimate of drug-likeness (QED) is 0.484. The summed E-state index contributed by atoms with van der Waals surface area (Å²) in [5, 5.41) is 26.8. The van der Waals surface area contributed by atoms with Crippen LogP contribution in [0.25, 0.3) is 10.9 Å². The van der Waals surface area contributed by atoms with E-state index in [0.29, 0.717) is 6.42 Å². The number of piperidine rings is 1. The van der Waals surface area contributed by atoms with Crippen LogP contribution in [0.4, 0.5) is 5.82 Å². The molecule has 3 heterocycles. The van der Waals surface area contributed by atoms with E-state index in [2.05, 4.69) is 46.2 Å². The molecule has 2 aliphatic rings. The Balaban J connectivity index is 0.000000520. The fourth-order valence-electron chi connectivity index (χ4n) is 4.73. The molecule has 0 aliphatic carbocycles. The van der Waals surface area contributed by atoms with Gasteiger partial charge in [0.25, 0.3) is 12.9 Å². The standard InChI is InChI=1S/C24H27N3O2.2CH2O2/c28-24(20-7-2-1-3-8-20)12-13-27(18-22(24)26-14-16-29-17-15-26)23-11-10-19-6-4-5-9-21(19)25-23;2*2-1-3/h1-11,22,28H,12-18H2;2*1H,(H,2,3)/t22-,24+;;/m1../s1. The largest absolute Gasteiger partial charge is 0.483 e. The van der Waals surface area contributed by atoms with Crippen LogP contribution in [0.3, 0.4) is 0 Å². The number of hydrogen-bond acceptors (Lipinski definition) is 7. The Morgan fingerprint density at radius 2 is 1.51 bits per heavy atom. The lowest BCUT2D eigenvalue weighted by molar-refractivity contribution is -0.123. The fourth-order valence-corrected chi connectivity index (χ4v) is 4.73. The average Bonchev–Trinajstić information content (AvgIpc) is 2.91. The molecule has 186 valence electrons. The van der Waals surface area contributed by atoms with Gasteiger partial charge in [0.15, 0.2) is 0 Å². The van der Waals surface area contributed by atoms with E-state index in [1.165, 1.54) is 0 Å². The SMILES string of the molecule is O=CO.O=CO.O[C@]1(c2ccccc2)CCN(c2ccc3ccccc3n2)C[C@H]1N1CCOCC1. The summed E-state index contributed by atoms with van der Waals surface area (Å²) in [5.41, 5.74) is 1.14. The van der Waals surface area contributed by atoms with E-state index in [0.717, 1.165) is 61.7 Å². The van der Waals surface area contributed by atoms with Crippen LogP contribution in [-0.4, -0.2) is 83.6 Å². The van der Waals surface area contributed by atoms with Gasteiger partial charge in [-0.05, 0) is 30.2 Å². The summed E-state index contributed by atoms with van der Waals surface area (Å²) in [4.78, 5) is 26.3. The first-order chi connectivity index (χ1) is 17.1. The molecule has 0 radical (unpaired) electrons. The third kappa shape index (κ3) is 6.33. The first-order valence-corrected chi connectivity index (χ1v) is 11.4. The molecular formula is C26H31N3O6. The van der Waals surface area contributed by atoms with Crippen LogP contribution in [0.2, 0.25) is 0 Å². The monoisotopic (exact) mass is 481 g/mol. The Morgan fingerprint density at radius 3 is 2.20 bits per heavy atom. The molecule has 0 amide bonds. The number of carboxylic acid groups (broad SMARTS) is 2. The lowest BCUT2D eigenvalue weighted by Crippen LogP contribution is -2.62. The second kappa shape index (κ2) is 12.8. The molecule has 5 rings (SSSR count). The highest BCUT2D eigenvalue weighted by Crippen LogP contribution is 2.37. The molecule has 3 N–H and O–H groups in total. The van der Waals surface area contributed by atoms with Crippen molar-refractivity contribution in [1.29, 1.82) is 0 Å². The second-order valence-corrected chi connectivity index (χ2v) is 8.22. The van der Waals surface area contributed by atoms with Crippen molar-refractivity contribution in [3.05, 3.63) is 72.3 Å². The lowest BCUT2D eigenvalue weighted by Gasteiger charge is -2.50. The molecule has 0 bridgehead atoms. The van der Waals surface area contributed by atoms with Crippen LogP contribution >= 0.6 is 0 Å². The molecule has 9 nitrogen and oxygen atoms in total. The third-order valence-corrected chi connectivity index (χ3v) is 6.38. The van der Waals surface area contributed by atoms with Crippen LogP contribution < -0.4 is 4.90 Å². The first-order valence-electron chi connectivity index (χ1n) is 11.4. The van der Waals surface area contributed by atoms with Crippen LogP contribution in [0, 0.1) is 0 Å². The van der Waals surface area contributed by atoms with Gasteiger partial charge in [0.2, 0.25) is 0 Å². The molecular weight excluding hydrogens is 450 g/mol. The maximum atomic E-state index is 11.9. The van der Waals surface area contributed by atoms with E-state index in [-0.39, 0.29) is 19.0 Å². The second-order valence-electron chi connectivity index (χ2n) is 8.22. The number of ether oxygens (including phenoxy) is 1. The van der Waals surface area contributed by atoms with Gasteiger partial charge in [0, 0.05) is 31.6 Å². The number of nitrogens with zero attached hydrogens (tertiary/aromatic N) is 3. The summed E-state index contributed by atoms with van der Waals surface area (Å²) in [6, 6.07) is 22.6. The number of aromatic nitrogens is 1. The van der Waals surface area contributed by atoms with Crippen LogP contribution in [0.1, 0.15) is 12.0 Å². The zero-order chi connectivity index (χ0) is 25.1.